The van der Waals surface area contributed by atoms with Crippen LogP contribution in [-0.2, 0) is 4.74 Å². The molecule has 0 heterocycles. The van der Waals surface area contributed by atoms with Crippen molar-refractivity contribution >= 4 is 23.5 Å². The van der Waals surface area contributed by atoms with Gasteiger partial charge in [0.25, 0.3) is 0 Å². The van der Waals surface area contributed by atoms with Gasteiger partial charge in [-0.25, -0.2) is 4.79 Å². The molecule has 0 aromatic heterocycles. The average molecular weight is 229 g/mol. The van der Waals surface area contributed by atoms with Crippen LogP contribution in [0.3, 0.4) is 0 Å². The molecule has 0 radical (unpaired) electrons. The molecule has 0 saturated heterocycles. The van der Waals surface area contributed by atoms with E-state index >= 15 is 0 Å². The SMILES string of the molecule is CC(OC(=O)O)C(=O)c1ccc(Cl)cc1. The van der Waals surface area contributed by atoms with Crippen molar-refractivity contribution in [3.05, 3.63) is 34.9 Å². The zero-order valence-corrected chi connectivity index (χ0v) is 8.69. The predicted octanol–water partition coefficient (Wildman–Crippen LogP) is 2.61. The summed E-state index contributed by atoms with van der Waals surface area (Å²) < 4.78 is 4.33. The summed E-state index contributed by atoms with van der Waals surface area (Å²) in [6, 6.07) is 6.16. The van der Waals surface area contributed by atoms with Crippen molar-refractivity contribution in [2.45, 2.75) is 13.0 Å². The van der Waals surface area contributed by atoms with Crippen molar-refractivity contribution in [2.24, 2.45) is 0 Å². The van der Waals surface area contributed by atoms with Gasteiger partial charge >= 0.3 is 6.16 Å². The number of ketones is 1. The number of hydrogen-bond acceptors (Lipinski definition) is 3. The Kier molecular flexibility index (Phi) is 3.68. The summed E-state index contributed by atoms with van der Waals surface area (Å²) in [5, 5.41) is 8.84. The predicted molar refractivity (Wildman–Crippen MR) is 54.4 cm³/mol. The highest BCUT2D eigenvalue weighted by atomic mass is 35.5. The molecule has 1 unspecified atom stereocenters. The van der Waals surface area contributed by atoms with Crippen LogP contribution in [0.25, 0.3) is 0 Å². The largest absolute Gasteiger partial charge is 0.506 e. The van der Waals surface area contributed by atoms with E-state index in [2.05, 4.69) is 4.74 Å². The van der Waals surface area contributed by atoms with Crippen molar-refractivity contribution in [1.29, 1.82) is 0 Å². The fraction of sp³-hybridized carbons (Fsp3) is 0.200. The van der Waals surface area contributed by atoms with Crippen molar-refractivity contribution < 1.29 is 19.4 Å². The summed E-state index contributed by atoms with van der Waals surface area (Å²) in [7, 11) is 0. The number of benzene rings is 1. The molecule has 1 atom stereocenters. The van der Waals surface area contributed by atoms with Crippen LogP contribution in [0, 0.1) is 0 Å². The Labute approximate surface area is 91.4 Å². The molecule has 0 saturated carbocycles. The second kappa shape index (κ2) is 4.79. The normalized spacial score (nSPS) is 11.9. The molecule has 4 nitrogen and oxygen atoms in total. The summed E-state index contributed by atoms with van der Waals surface area (Å²) in [5.74, 6) is -0.394. The van der Waals surface area contributed by atoms with E-state index < -0.39 is 18.0 Å². The number of carbonyl (C=O) groups excluding carboxylic acids is 1. The van der Waals surface area contributed by atoms with Crippen LogP contribution in [0.15, 0.2) is 24.3 Å². The van der Waals surface area contributed by atoms with Gasteiger partial charge in [-0.05, 0) is 31.2 Å². The maximum absolute atomic E-state index is 11.6. The van der Waals surface area contributed by atoms with Crippen LogP contribution in [0.1, 0.15) is 17.3 Å². The van der Waals surface area contributed by atoms with Gasteiger partial charge in [0.1, 0.15) is 0 Å². The molecule has 15 heavy (non-hydrogen) atoms. The van der Waals surface area contributed by atoms with Gasteiger partial charge in [-0.3, -0.25) is 4.79 Å². The third-order valence-electron chi connectivity index (χ3n) is 1.78. The maximum Gasteiger partial charge on any atom is 0.506 e. The minimum absolute atomic E-state index is 0.369. The molecule has 0 bridgehead atoms. The van der Waals surface area contributed by atoms with E-state index in [-0.39, 0.29) is 0 Å². The Bertz CT molecular complexity index is 372. The Morgan fingerprint density at radius 2 is 1.87 bits per heavy atom. The van der Waals surface area contributed by atoms with Gasteiger partial charge < -0.3 is 9.84 Å². The van der Waals surface area contributed by atoms with E-state index in [1.54, 1.807) is 12.1 Å². The van der Waals surface area contributed by atoms with E-state index in [0.717, 1.165) is 0 Å². The summed E-state index contributed by atoms with van der Waals surface area (Å²) >= 11 is 5.64. The lowest BCUT2D eigenvalue weighted by Gasteiger charge is -2.09. The highest BCUT2D eigenvalue weighted by Crippen LogP contribution is 2.12. The van der Waals surface area contributed by atoms with Crippen molar-refractivity contribution in [3.63, 3.8) is 0 Å². The number of halogens is 1. The highest BCUT2D eigenvalue weighted by Gasteiger charge is 2.18. The Morgan fingerprint density at radius 3 is 2.33 bits per heavy atom. The maximum atomic E-state index is 11.6. The Morgan fingerprint density at radius 1 is 1.33 bits per heavy atom. The standard InChI is InChI=1S/C10H9ClO4/c1-6(15-10(13)14)9(12)7-2-4-8(11)5-3-7/h2-6H,1H3,(H,13,14). The van der Waals surface area contributed by atoms with Gasteiger partial charge in [0.05, 0.1) is 0 Å². The number of carboxylic acid groups (broad SMARTS) is 1. The number of ether oxygens (including phenoxy) is 1. The van der Waals surface area contributed by atoms with Crippen molar-refractivity contribution in [3.8, 4) is 0 Å². The molecular weight excluding hydrogens is 220 g/mol. The fourth-order valence-corrected chi connectivity index (χ4v) is 1.18. The van der Waals surface area contributed by atoms with Crippen LogP contribution < -0.4 is 0 Å². The van der Waals surface area contributed by atoms with Crippen molar-refractivity contribution in [2.75, 3.05) is 0 Å². The summed E-state index contributed by atoms with van der Waals surface area (Å²) in [4.78, 5) is 21.8. The zero-order chi connectivity index (χ0) is 11.4. The quantitative estimate of drug-likeness (QED) is 0.638. The Balaban J connectivity index is 2.76. The minimum atomic E-state index is -1.47. The number of carbonyl (C=O) groups is 2. The van der Waals surface area contributed by atoms with E-state index in [1.807, 2.05) is 0 Å². The van der Waals surface area contributed by atoms with E-state index in [9.17, 15) is 9.59 Å². The van der Waals surface area contributed by atoms with E-state index in [4.69, 9.17) is 16.7 Å². The lowest BCUT2D eigenvalue weighted by Crippen LogP contribution is -2.23. The summed E-state index contributed by atoms with van der Waals surface area (Å²) in [5.41, 5.74) is 0.369. The first-order valence-corrected chi connectivity index (χ1v) is 4.58. The van der Waals surface area contributed by atoms with Crippen LogP contribution in [0.2, 0.25) is 5.02 Å². The zero-order valence-electron chi connectivity index (χ0n) is 7.94. The molecule has 0 spiro atoms. The van der Waals surface area contributed by atoms with Gasteiger partial charge in [-0.1, -0.05) is 11.6 Å². The molecule has 0 aliphatic carbocycles. The first-order chi connectivity index (χ1) is 7.00. The van der Waals surface area contributed by atoms with Gasteiger partial charge in [0.15, 0.2) is 6.10 Å². The first-order valence-electron chi connectivity index (χ1n) is 4.20. The molecule has 1 N–H and O–H groups in total. The molecule has 1 aromatic carbocycles. The molecule has 0 amide bonds. The molecular formula is C10H9ClO4. The molecule has 0 fully saturated rings. The molecule has 1 rings (SSSR count). The number of hydrogen-bond donors (Lipinski definition) is 1. The summed E-state index contributed by atoms with van der Waals surface area (Å²) in [6.45, 7) is 1.38. The summed E-state index contributed by atoms with van der Waals surface area (Å²) in [6.07, 6.45) is -2.48. The average Bonchev–Trinajstić information content (AvgIpc) is 2.17. The number of rotatable bonds is 3. The lowest BCUT2D eigenvalue weighted by atomic mass is 10.1. The fourth-order valence-electron chi connectivity index (χ4n) is 1.05. The topological polar surface area (TPSA) is 63.6 Å². The monoisotopic (exact) mass is 228 g/mol. The van der Waals surface area contributed by atoms with Gasteiger partial charge in [0.2, 0.25) is 5.78 Å². The number of Topliss-reactive ketones (excluding diaryl/α,β-unsaturated/α-hetero) is 1. The highest BCUT2D eigenvalue weighted by molar-refractivity contribution is 6.30. The third-order valence-corrected chi connectivity index (χ3v) is 2.03. The van der Waals surface area contributed by atoms with Gasteiger partial charge in [0, 0.05) is 10.6 Å². The van der Waals surface area contributed by atoms with Crippen LogP contribution >= 0.6 is 11.6 Å². The molecule has 0 aliphatic heterocycles. The van der Waals surface area contributed by atoms with E-state index in [1.165, 1.54) is 19.1 Å². The second-order valence-electron chi connectivity index (χ2n) is 2.90. The van der Waals surface area contributed by atoms with Gasteiger partial charge in [-0.15, -0.1) is 0 Å². The van der Waals surface area contributed by atoms with Crippen molar-refractivity contribution in [1.82, 2.24) is 0 Å². The first kappa shape index (κ1) is 11.5. The molecule has 0 aliphatic rings. The lowest BCUT2D eigenvalue weighted by molar-refractivity contribution is 0.0473. The molecule has 5 heteroatoms. The van der Waals surface area contributed by atoms with Crippen LogP contribution in [-0.4, -0.2) is 23.1 Å². The third kappa shape index (κ3) is 3.25. The minimum Gasteiger partial charge on any atom is -0.450 e. The van der Waals surface area contributed by atoms with Crippen LogP contribution in [0.5, 0.6) is 0 Å². The molecule has 80 valence electrons. The molecule has 1 aromatic rings. The Hall–Kier alpha value is -1.55. The smallest absolute Gasteiger partial charge is 0.450 e. The second-order valence-corrected chi connectivity index (χ2v) is 3.33. The van der Waals surface area contributed by atoms with Gasteiger partial charge in [-0.2, -0.15) is 0 Å². The van der Waals surface area contributed by atoms with E-state index in [0.29, 0.717) is 10.6 Å². The van der Waals surface area contributed by atoms with Crippen LogP contribution in [0.4, 0.5) is 4.79 Å².